The second-order valence-electron chi connectivity index (χ2n) is 4.60. The first kappa shape index (κ1) is 16.2. The molecule has 1 aromatic carbocycles. The molecule has 5 heteroatoms. The summed E-state index contributed by atoms with van der Waals surface area (Å²) in [5, 5.41) is 0. The molecule has 0 atom stereocenters. The highest BCUT2D eigenvalue weighted by atomic mass is 35.5. The maximum Gasteiger partial charge on any atom is 0.257 e. The Morgan fingerprint density at radius 1 is 1.35 bits per heavy atom. The van der Waals surface area contributed by atoms with Crippen molar-refractivity contribution >= 4 is 24.0 Å². The zero-order valence-electron chi connectivity index (χ0n) is 11.3. The quantitative estimate of drug-likeness (QED) is 0.687. The first-order chi connectivity index (χ1) is 9.22. The third-order valence-corrected chi connectivity index (χ3v) is 3.19. The number of carbonyl (C=O) groups excluding carboxylic acids is 1. The molecule has 0 bridgehead atoms. The molecular weight excluding hydrogens is 276 g/mol. The molecule has 1 fully saturated rings. The van der Waals surface area contributed by atoms with Crippen molar-refractivity contribution in [3.8, 4) is 18.1 Å². The Hall–Kier alpha value is -1.86. The summed E-state index contributed by atoms with van der Waals surface area (Å²) in [4.78, 5) is 14.3. The number of terminal acetylenes is 1. The maximum absolute atomic E-state index is 12.5. The largest absolute Gasteiger partial charge is 0.480 e. The minimum Gasteiger partial charge on any atom is -0.480 e. The Labute approximate surface area is 125 Å². The smallest absolute Gasteiger partial charge is 0.257 e. The lowest BCUT2D eigenvalue weighted by Crippen LogP contribution is -2.35. The van der Waals surface area contributed by atoms with Crippen LogP contribution in [0.4, 0.5) is 5.69 Å². The topological polar surface area (TPSA) is 55.6 Å². The molecule has 1 amide bonds. The molecule has 1 aromatic rings. The first-order valence-corrected chi connectivity index (χ1v) is 6.47. The van der Waals surface area contributed by atoms with E-state index in [-0.39, 0.29) is 24.9 Å². The van der Waals surface area contributed by atoms with E-state index in [9.17, 15) is 4.79 Å². The summed E-state index contributed by atoms with van der Waals surface area (Å²) in [6.45, 7) is 1.73. The van der Waals surface area contributed by atoms with E-state index in [4.69, 9.17) is 16.9 Å². The highest BCUT2D eigenvalue weighted by Gasteiger charge is 2.21. The van der Waals surface area contributed by atoms with Crippen molar-refractivity contribution in [3.05, 3.63) is 23.8 Å². The van der Waals surface area contributed by atoms with E-state index in [1.54, 1.807) is 18.2 Å². The van der Waals surface area contributed by atoms with Gasteiger partial charge < -0.3 is 15.4 Å². The number of anilines is 1. The molecule has 1 aliphatic rings. The van der Waals surface area contributed by atoms with E-state index in [0.29, 0.717) is 17.0 Å². The Kier molecular flexibility index (Phi) is 6.20. The van der Waals surface area contributed by atoms with Crippen LogP contribution in [0.5, 0.6) is 5.75 Å². The van der Waals surface area contributed by atoms with E-state index in [1.165, 1.54) is 6.42 Å². The van der Waals surface area contributed by atoms with Crippen LogP contribution in [0, 0.1) is 12.3 Å². The molecule has 2 N–H and O–H groups in total. The van der Waals surface area contributed by atoms with Gasteiger partial charge in [-0.2, -0.15) is 0 Å². The predicted octanol–water partition coefficient (Wildman–Crippen LogP) is 2.33. The van der Waals surface area contributed by atoms with Gasteiger partial charge in [0.25, 0.3) is 5.91 Å². The summed E-state index contributed by atoms with van der Waals surface area (Å²) in [6.07, 6.45) is 8.46. The summed E-state index contributed by atoms with van der Waals surface area (Å²) >= 11 is 0. The normalized spacial score (nSPS) is 14.1. The third kappa shape index (κ3) is 3.82. The second kappa shape index (κ2) is 7.66. The Bertz CT molecular complexity index is 505. The summed E-state index contributed by atoms with van der Waals surface area (Å²) in [7, 11) is 0. The number of ether oxygens (including phenoxy) is 1. The van der Waals surface area contributed by atoms with Crippen molar-refractivity contribution in [2.75, 3.05) is 25.4 Å². The molecule has 0 spiro atoms. The van der Waals surface area contributed by atoms with Gasteiger partial charge in [-0.15, -0.1) is 18.8 Å². The lowest BCUT2D eigenvalue weighted by atomic mass is 10.1. The molecule has 1 aliphatic heterocycles. The number of carbonyl (C=O) groups is 1. The molecule has 0 aromatic heterocycles. The fourth-order valence-electron chi connectivity index (χ4n) is 2.23. The molecule has 0 saturated carbocycles. The zero-order valence-corrected chi connectivity index (χ0v) is 12.1. The van der Waals surface area contributed by atoms with Crippen LogP contribution in [-0.4, -0.2) is 30.5 Å². The molecule has 0 radical (unpaired) electrons. The minimum atomic E-state index is -0.0287. The second-order valence-corrected chi connectivity index (χ2v) is 4.60. The molecule has 1 saturated heterocycles. The lowest BCUT2D eigenvalue weighted by molar-refractivity contribution is 0.0720. The zero-order chi connectivity index (χ0) is 13.7. The van der Waals surface area contributed by atoms with Gasteiger partial charge in [0.15, 0.2) is 0 Å². The number of hydrogen-bond acceptors (Lipinski definition) is 3. The molecular formula is C15H19ClN2O2. The van der Waals surface area contributed by atoms with Crippen molar-refractivity contribution in [1.82, 2.24) is 4.90 Å². The van der Waals surface area contributed by atoms with Gasteiger partial charge in [-0.25, -0.2) is 0 Å². The van der Waals surface area contributed by atoms with Crippen LogP contribution in [0.25, 0.3) is 0 Å². The minimum absolute atomic E-state index is 0. The SMILES string of the molecule is C#CCOc1ccc(N)cc1C(=O)N1CCCCC1.Cl. The fourth-order valence-corrected chi connectivity index (χ4v) is 2.23. The van der Waals surface area contributed by atoms with Crippen LogP contribution in [0.1, 0.15) is 29.6 Å². The number of halogens is 1. The van der Waals surface area contributed by atoms with Gasteiger partial charge in [-0.3, -0.25) is 4.79 Å². The monoisotopic (exact) mass is 294 g/mol. The predicted molar refractivity (Wildman–Crippen MR) is 82.2 cm³/mol. The van der Waals surface area contributed by atoms with E-state index in [2.05, 4.69) is 5.92 Å². The molecule has 108 valence electrons. The highest BCUT2D eigenvalue weighted by Crippen LogP contribution is 2.24. The number of nitrogens with zero attached hydrogens (tertiary/aromatic N) is 1. The van der Waals surface area contributed by atoms with Gasteiger partial charge in [0.1, 0.15) is 12.4 Å². The Balaban J connectivity index is 0.00000200. The van der Waals surface area contributed by atoms with E-state index in [0.717, 1.165) is 25.9 Å². The molecule has 20 heavy (non-hydrogen) atoms. The van der Waals surface area contributed by atoms with Gasteiger partial charge in [0, 0.05) is 18.8 Å². The summed E-state index contributed by atoms with van der Waals surface area (Å²) in [5.74, 6) is 2.87. The van der Waals surface area contributed by atoms with Crippen molar-refractivity contribution in [1.29, 1.82) is 0 Å². The average Bonchev–Trinajstić information content (AvgIpc) is 2.46. The number of piperidine rings is 1. The number of nitrogen functional groups attached to an aromatic ring is 1. The fraction of sp³-hybridized carbons (Fsp3) is 0.400. The van der Waals surface area contributed by atoms with Crippen molar-refractivity contribution in [3.63, 3.8) is 0 Å². The summed E-state index contributed by atoms with van der Waals surface area (Å²) in [5.41, 5.74) is 6.80. The van der Waals surface area contributed by atoms with Crippen molar-refractivity contribution in [2.45, 2.75) is 19.3 Å². The van der Waals surface area contributed by atoms with Crippen LogP contribution in [0.2, 0.25) is 0 Å². The van der Waals surface area contributed by atoms with Crippen LogP contribution < -0.4 is 10.5 Å². The van der Waals surface area contributed by atoms with Crippen LogP contribution in [0.3, 0.4) is 0 Å². The maximum atomic E-state index is 12.5. The standard InChI is InChI=1S/C15H18N2O2.ClH/c1-2-10-19-14-7-6-12(16)11-13(14)15(18)17-8-4-3-5-9-17;/h1,6-7,11H,3-5,8-10,16H2;1H. The van der Waals surface area contributed by atoms with Gasteiger partial charge >= 0.3 is 0 Å². The Morgan fingerprint density at radius 2 is 2.05 bits per heavy atom. The third-order valence-electron chi connectivity index (χ3n) is 3.19. The van der Waals surface area contributed by atoms with Gasteiger partial charge in [-0.05, 0) is 37.5 Å². The molecule has 2 rings (SSSR count). The molecule has 0 aliphatic carbocycles. The number of benzene rings is 1. The lowest BCUT2D eigenvalue weighted by Gasteiger charge is -2.27. The summed E-state index contributed by atoms with van der Waals surface area (Å²) in [6, 6.07) is 5.06. The average molecular weight is 295 g/mol. The summed E-state index contributed by atoms with van der Waals surface area (Å²) < 4.78 is 5.41. The van der Waals surface area contributed by atoms with Crippen molar-refractivity contribution in [2.24, 2.45) is 0 Å². The molecule has 1 heterocycles. The van der Waals surface area contributed by atoms with Gasteiger partial charge in [-0.1, -0.05) is 5.92 Å². The van der Waals surface area contributed by atoms with E-state index >= 15 is 0 Å². The number of likely N-dealkylation sites (tertiary alicyclic amines) is 1. The van der Waals surface area contributed by atoms with Crippen LogP contribution in [-0.2, 0) is 0 Å². The van der Waals surface area contributed by atoms with Gasteiger partial charge in [0.2, 0.25) is 0 Å². The number of nitrogens with two attached hydrogens (primary N) is 1. The van der Waals surface area contributed by atoms with Crippen LogP contribution >= 0.6 is 12.4 Å². The van der Waals surface area contributed by atoms with Crippen LogP contribution in [0.15, 0.2) is 18.2 Å². The number of hydrogen-bond donors (Lipinski definition) is 1. The van der Waals surface area contributed by atoms with E-state index < -0.39 is 0 Å². The number of amides is 1. The highest BCUT2D eigenvalue weighted by molar-refractivity contribution is 5.97. The molecule has 4 nitrogen and oxygen atoms in total. The molecule has 0 unspecified atom stereocenters. The first-order valence-electron chi connectivity index (χ1n) is 6.47. The Morgan fingerprint density at radius 3 is 2.70 bits per heavy atom. The van der Waals surface area contributed by atoms with Crippen molar-refractivity contribution < 1.29 is 9.53 Å². The number of rotatable bonds is 3. The van der Waals surface area contributed by atoms with Gasteiger partial charge in [0.05, 0.1) is 5.56 Å². The van der Waals surface area contributed by atoms with E-state index in [1.807, 2.05) is 4.90 Å².